The van der Waals surface area contributed by atoms with E-state index in [0.29, 0.717) is 19.8 Å². The summed E-state index contributed by atoms with van der Waals surface area (Å²) >= 11 is 0. The molecule has 110 valence electrons. The second-order valence-electron chi connectivity index (χ2n) is 4.24. The summed E-state index contributed by atoms with van der Waals surface area (Å²) in [5.74, 6) is 0. The molecule has 0 heterocycles. The first-order chi connectivity index (χ1) is 8.70. The van der Waals surface area contributed by atoms with E-state index in [0.717, 1.165) is 32.4 Å². The van der Waals surface area contributed by atoms with Crippen molar-refractivity contribution in [3.63, 3.8) is 0 Å². The Hall–Kier alpha value is 0.0569. The number of hydrogen-bond acceptors (Lipinski definition) is 4. The van der Waals surface area contributed by atoms with Crippen molar-refractivity contribution in [2.24, 2.45) is 0 Å². The van der Waals surface area contributed by atoms with Crippen molar-refractivity contribution in [3.8, 4) is 0 Å². The summed E-state index contributed by atoms with van der Waals surface area (Å²) in [5.41, 5.74) is 0. The van der Waals surface area contributed by atoms with Gasteiger partial charge in [0.15, 0.2) is 0 Å². The largest absolute Gasteiger partial charge is 0.599 e. The lowest BCUT2D eigenvalue weighted by Crippen LogP contribution is -2.61. The number of hydrogen-bond donors (Lipinski definition) is 0. The highest BCUT2D eigenvalue weighted by molar-refractivity contribution is 6.57. The maximum absolute atomic E-state index is 6.05. The van der Waals surface area contributed by atoms with Crippen LogP contribution in [0.5, 0.6) is 0 Å². The SMILES string of the molecule is CCCO[Si](OCCC)(OCCC)N(CC)CC. The van der Waals surface area contributed by atoms with E-state index in [9.17, 15) is 0 Å². The lowest BCUT2D eigenvalue weighted by molar-refractivity contribution is 0.0100. The van der Waals surface area contributed by atoms with Gasteiger partial charge in [-0.3, -0.25) is 4.57 Å². The molecule has 0 spiro atoms. The highest BCUT2D eigenvalue weighted by Gasteiger charge is 2.47. The Morgan fingerprint density at radius 3 is 1.22 bits per heavy atom. The third kappa shape index (κ3) is 5.80. The van der Waals surface area contributed by atoms with E-state index in [2.05, 4.69) is 39.2 Å². The molecule has 0 amide bonds. The quantitative estimate of drug-likeness (QED) is 0.513. The number of nitrogens with zero attached hydrogens (tertiary/aromatic N) is 1. The molecule has 0 N–H and O–H groups in total. The second kappa shape index (κ2) is 10.9. The topological polar surface area (TPSA) is 30.9 Å². The molecule has 0 fully saturated rings. The van der Waals surface area contributed by atoms with Crippen LogP contribution in [0.2, 0.25) is 0 Å². The predicted octanol–water partition coefficient (Wildman–Crippen LogP) is 3.04. The summed E-state index contributed by atoms with van der Waals surface area (Å²) in [4.78, 5) is 0. The van der Waals surface area contributed by atoms with Crippen LogP contribution in [-0.2, 0) is 13.3 Å². The highest BCUT2D eigenvalue weighted by atomic mass is 28.4. The van der Waals surface area contributed by atoms with E-state index in [1.54, 1.807) is 0 Å². The Labute approximate surface area is 114 Å². The minimum absolute atomic E-state index is 0.705. The van der Waals surface area contributed by atoms with E-state index < -0.39 is 8.97 Å². The molecular weight excluding hydrogens is 246 g/mol. The Morgan fingerprint density at radius 2 is 1.00 bits per heavy atom. The van der Waals surface area contributed by atoms with Crippen LogP contribution in [0, 0.1) is 0 Å². The fraction of sp³-hybridized carbons (Fsp3) is 1.00. The summed E-state index contributed by atoms with van der Waals surface area (Å²) in [6.45, 7) is 14.5. The van der Waals surface area contributed by atoms with Gasteiger partial charge in [0.1, 0.15) is 0 Å². The van der Waals surface area contributed by atoms with Gasteiger partial charge in [-0.05, 0) is 32.4 Å². The van der Waals surface area contributed by atoms with Gasteiger partial charge in [-0.25, -0.2) is 0 Å². The molecule has 0 saturated carbocycles. The first-order valence-electron chi connectivity index (χ1n) is 7.37. The minimum Gasteiger partial charge on any atom is -0.361 e. The maximum atomic E-state index is 6.05. The fourth-order valence-corrected chi connectivity index (χ4v) is 4.66. The van der Waals surface area contributed by atoms with Crippen LogP contribution >= 0.6 is 0 Å². The van der Waals surface area contributed by atoms with Crippen molar-refractivity contribution < 1.29 is 13.3 Å². The molecule has 0 aromatic heterocycles. The molecule has 0 aromatic carbocycles. The maximum Gasteiger partial charge on any atom is 0.599 e. The normalized spacial score (nSPS) is 12.3. The smallest absolute Gasteiger partial charge is 0.361 e. The molecule has 0 aliphatic heterocycles. The van der Waals surface area contributed by atoms with Crippen LogP contribution in [0.15, 0.2) is 0 Å². The molecular formula is C13H31NO3Si. The van der Waals surface area contributed by atoms with Crippen molar-refractivity contribution in [2.45, 2.75) is 53.9 Å². The predicted molar refractivity (Wildman–Crippen MR) is 77.4 cm³/mol. The van der Waals surface area contributed by atoms with Crippen molar-refractivity contribution >= 4 is 8.97 Å². The molecule has 18 heavy (non-hydrogen) atoms. The zero-order chi connectivity index (χ0) is 13.9. The average molecular weight is 277 g/mol. The summed E-state index contributed by atoms with van der Waals surface area (Å²) in [6.07, 6.45) is 2.96. The second-order valence-corrected chi connectivity index (χ2v) is 6.79. The molecule has 5 heteroatoms. The van der Waals surface area contributed by atoms with Gasteiger partial charge in [-0.15, -0.1) is 0 Å². The van der Waals surface area contributed by atoms with E-state index >= 15 is 0 Å². The van der Waals surface area contributed by atoms with Crippen molar-refractivity contribution in [3.05, 3.63) is 0 Å². The lowest BCUT2D eigenvalue weighted by Gasteiger charge is -2.37. The lowest BCUT2D eigenvalue weighted by atomic mass is 10.5. The zero-order valence-corrected chi connectivity index (χ0v) is 13.8. The van der Waals surface area contributed by atoms with Crippen LogP contribution in [0.25, 0.3) is 0 Å². The van der Waals surface area contributed by atoms with Gasteiger partial charge in [-0.1, -0.05) is 34.6 Å². The standard InChI is InChI=1S/C13H31NO3Si/c1-6-11-15-18(16-12-7-2,17-13-8-3)14(9-4)10-5/h6-13H2,1-5H3. The van der Waals surface area contributed by atoms with E-state index in [-0.39, 0.29) is 0 Å². The monoisotopic (exact) mass is 277 g/mol. The van der Waals surface area contributed by atoms with Crippen LogP contribution in [0.1, 0.15) is 53.9 Å². The molecule has 4 nitrogen and oxygen atoms in total. The van der Waals surface area contributed by atoms with Crippen LogP contribution in [0.4, 0.5) is 0 Å². The van der Waals surface area contributed by atoms with Gasteiger partial charge >= 0.3 is 8.97 Å². The van der Waals surface area contributed by atoms with Gasteiger partial charge in [0.25, 0.3) is 0 Å². The zero-order valence-electron chi connectivity index (χ0n) is 12.8. The third-order valence-corrected chi connectivity index (χ3v) is 5.73. The molecule has 0 atom stereocenters. The highest BCUT2D eigenvalue weighted by Crippen LogP contribution is 2.17. The minimum atomic E-state index is -2.65. The van der Waals surface area contributed by atoms with E-state index in [1.165, 1.54) is 0 Å². The van der Waals surface area contributed by atoms with Gasteiger partial charge < -0.3 is 13.3 Å². The molecule has 0 radical (unpaired) electrons. The Kier molecular flexibility index (Phi) is 11.0. The molecule has 0 aromatic rings. The van der Waals surface area contributed by atoms with Crippen LogP contribution < -0.4 is 0 Å². The molecule has 0 aliphatic carbocycles. The Morgan fingerprint density at radius 1 is 0.667 bits per heavy atom. The molecule has 0 rings (SSSR count). The summed E-state index contributed by atoms with van der Waals surface area (Å²) in [6, 6.07) is 0. The first-order valence-corrected chi connectivity index (χ1v) is 9.04. The van der Waals surface area contributed by atoms with E-state index in [4.69, 9.17) is 13.3 Å². The Balaban J connectivity index is 4.82. The molecule has 0 unspecified atom stereocenters. The van der Waals surface area contributed by atoms with Crippen molar-refractivity contribution in [2.75, 3.05) is 32.9 Å². The van der Waals surface area contributed by atoms with Gasteiger partial charge in [0, 0.05) is 19.8 Å². The summed E-state index contributed by atoms with van der Waals surface area (Å²) in [7, 11) is -2.65. The summed E-state index contributed by atoms with van der Waals surface area (Å²) < 4.78 is 20.4. The third-order valence-electron chi connectivity index (χ3n) is 2.62. The Bertz CT molecular complexity index is 167. The molecule has 0 aliphatic rings. The van der Waals surface area contributed by atoms with Gasteiger partial charge in [-0.2, -0.15) is 0 Å². The summed E-state index contributed by atoms with van der Waals surface area (Å²) in [5, 5.41) is 0. The van der Waals surface area contributed by atoms with Crippen LogP contribution in [0.3, 0.4) is 0 Å². The van der Waals surface area contributed by atoms with E-state index in [1.807, 2.05) is 0 Å². The molecule has 0 saturated heterocycles. The number of rotatable bonds is 12. The average Bonchev–Trinajstić information content (AvgIpc) is 2.41. The van der Waals surface area contributed by atoms with Gasteiger partial charge in [0.2, 0.25) is 0 Å². The van der Waals surface area contributed by atoms with Crippen molar-refractivity contribution in [1.82, 2.24) is 4.57 Å². The molecule has 0 bridgehead atoms. The van der Waals surface area contributed by atoms with Gasteiger partial charge in [0.05, 0.1) is 0 Å². The van der Waals surface area contributed by atoms with Crippen molar-refractivity contribution in [1.29, 1.82) is 0 Å². The first kappa shape index (κ1) is 18.1. The van der Waals surface area contributed by atoms with Crippen LogP contribution in [-0.4, -0.2) is 46.4 Å². The fourth-order valence-electron chi connectivity index (χ4n) is 1.70.